The molecule has 0 aliphatic heterocycles. The van der Waals surface area contributed by atoms with Gasteiger partial charge in [-0.25, -0.2) is 4.79 Å². The van der Waals surface area contributed by atoms with Gasteiger partial charge in [0.1, 0.15) is 0 Å². The van der Waals surface area contributed by atoms with Gasteiger partial charge in [0.2, 0.25) is 5.91 Å². The number of carbonyl (C=O) groups is 2. The Labute approximate surface area is 121 Å². The number of thiophene rings is 1. The molecule has 4 nitrogen and oxygen atoms in total. The summed E-state index contributed by atoms with van der Waals surface area (Å²) < 4.78 is 0. The van der Waals surface area contributed by atoms with Crippen LogP contribution in [0.15, 0.2) is 41.8 Å². The molecule has 20 heavy (non-hydrogen) atoms. The summed E-state index contributed by atoms with van der Waals surface area (Å²) >= 11 is 1.55. The van der Waals surface area contributed by atoms with Gasteiger partial charge in [-0.1, -0.05) is 24.3 Å². The van der Waals surface area contributed by atoms with Crippen molar-refractivity contribution in [3.05, 3.63) is 57.8 Å². The molecule has 2 rings (SSSR count). The van der Waals surface area contributed by atoms with Crippen LogP contribution in [0.5, 0.6) is 0 Å². The number of carbonyl (C=O) groups excluding carboxylic acids is 1. The van der Waals surface area contributed by atoms with E-state index in [1.165, 1.54) is 0 Å². The molecule has 0 bridgehead atoms. The molecule has 0 saturated carbocycles. The van der Waals surface area contributed by atoms with E-state index in [-0.39, 0.29) is 5.91 Å². The van der Waals surface area contributed by atoms with Crippen molar-refractivity contribution >= 4 is 23.2 Å². The van der Waals surface area contributed by atoms with Gasteiger partial charge in [0.05, 0.1) is 12.0 Å². The van der Waals surface area contributed by atoms with Gasteiger partial charge in [-0.3, -0.25) is 4.79 Å². The fraction of sp³-hybridized carbons (Fsp3) is 0.200. The smallest absolute Gasteiger partial charge is 0.335 e. The van der Waals surface area contributed by atoms with Crippen molar-refractivity contribution in [2.24, 2.45) is 0 Å². The van der Waals surface area contributed by atoms with Gasteiger partial charge < -0.3 is 10.4 Å². The van der Waals surface area contributed by atoms with Crippen LogP contribution < -0.4 is 5.32 Å². The Hall–Kier alpha value is -2.14. The first-order valence-electron chi connectivity index (χ1n) is 6.27. The topological polar surface area (TPSA) is 66.4 Å². The molecule has 0 spiro atoms. The summed E-state index contributed by atoms with van der Waals surface area (Å²) in [5.41, 5.74) is 1.02. The number of carboxylic acids is 1. The van der Waals surface area contributed by atoms with E-state index in [0.717, 1.165) is 10.4 Å². The van der Waals surface area contributed by atoms with Crippen LogP contribution in [0.2, 0.25) is 0 Å². The third-order valence-electron chi connectivity index (χ3n) is 2.88. The molecule has 0 fully saturated rings. The zero-order valence-electron chi connectivity index (χ0n) is 10.8. The van der Waals surface area contributed by atoms with E-state index in [0.29, 0.717) is 24.9 Å². The van der Waals surface area contributed by atoms with Crippen molar-refractivity contribution in [1.82, 2.24) is 5.32 Å². The average molecular weight is 289 g/mol. The van der Waals surface area contributed by atoms with E-state index in [9.17, 15) is 9.59 Å². The monoisotopic (exact) mass is 289 g/mol. The van der Waals surface area contributed by atoms with Crippen molar-refractivity contribution in [2.75, 3.05) is 6.54 Å². The fourth-order valence-electron chi connectivity index (χ4n) is 1.92. The molecular weight excluding hydrogens is 274 g/mol. The van der Waals surface area contributed by atoms with Gasteiger partial charge in [0.15, 0.2) is 0 Å². The number of nitrogens with one attached hydrogen (secondary N) is 1. The summed E-state index contributed by atoms with van der Waals surface area (Å²) in [6.07, 6.45) is 0.886. The molecular formula is C15H15NO3S. The minimum Gasteiger partial charge on any atom is -0.478 e. The Kier molecular flexibility index (Phi) is 4.90. The van der Waals surface area contributed by atoms with Gasteiger partial charge in [0.25, 0.3) is 0 Å². The minimum atomic E-state index is -0.939. The first-order valence-corrected chi connectivity index (χ1v) is 7.15. The van der Waals surface area contributed by atoms with E-state index in [1.54, 1.807) is 35.6 Å². The third-order valence-corrected chi connectivity index (χ3v) is 3.76. The molecule has 0 atom stereocenters. The average Bonchev–Trinajstić information content (AvgIpc) is 2.92. The number of aromatic carboxylic acids is 1. The molecule has 2 N–H and O–H groups in total. The normalized spacial score (nSPS) is 10.2. The van der Waals surface area contributed by atoms with Crippen molar-refractivity contribution in [3.63, 3.8) is 0 Å². The fourth-order valence-corrected chi connectivity index (χ4v) is 2.62. The van der Waals surface area contributed by atoms with Crippen LogP contribution in [-0.2, 0) is 17.6 Å². The van der Waals surface area contributed by atoms with Crippen LogP contribution in [0.25, 0.3) is 0 Å². The molecule has 1 heterocycles. The summed E-state index contributed by atoms with van der Waals surface area (Å²) in [6, 6.07) is 10.7. The van der Waals surface area contributed by atoms with Crippen molar-refractivity contribution in [2.45, 2.75) is 12.8 Å². The molecule has 5 heteroatoms. The third kappa shape index (κ3) is 3.93. The number of amides is 1. The first kappa shape index (κ1) is 14.3. The van der Waals surface area contributed by atoms with Crippen LogP contribution in [0, 0.1) is 0 Å². The van der Waals surface area contributed by atoms with Crippen LogP contribution in [0.3, 0.4) is 0 Å². The predicted octanol–water partition coefficient (Wildman–Crippen LogP) is 2.35. The largest absolute Gasteiger partial charge is 0.478 e. The molecule has 1 amide bonds. The Bertz CT molecular complexity index is 593. The lowest BCUT2D eigenvalue weighted by Gasteiger charge is -2.07. The molecule has 1 aromatic carbocycles. The van der Waals surface area contributed by atoms with Gasteiger partial charge in [-0.15, -0.1) is 11.3 Å². The summed E-state index contributed by atoms with van der Waals surface area (Å²) in [6.45, 7) is 0.439. The summed E-state index contributed by atoms with van der Waals surface area (Å²) in [7, 11) is 0. The molecule has 0 radical (unpaired) electrons. The molecule has 1 aromatic heterocycles. The second-order valence-corrected chi connectivity index (χ2v) is 5.35. The molecule has 104 valence electrons. The Morgan fingerprint density at radius 1 is 1.15 bits per heavy atom. The van der Waals surface area contributed by atoms with E-state index < -0.39 is 5.97 Å². The maximum atomic E-state index is 11.7. The zero-order chi connectivity index (χ0) is 14.4. The van der Waals surface area contributed by atoms with Crippen molar-refractivity contribution < 1.29 is 14.7 Å². The molecule has 0 aliphatic rings. The lowest BCUT2D eigenvalue weighted by atomic mass is 10.0. The number of carboxylic acid groups (broad SMARTS) is 1. The molecule has 2 aromatic rings. The number of rotatable bonds is 6. The highest BCUT2D eigenvalue weighted by Crippen LogP contribution is 2.10. The number of hydrogen-bond donors (Lipinski definition) is 2. The summed E-state index contributed by atoms with van der Waals surface area (Å²) in [5, 5.41) is 13.8. The maximum absolute atomic E-state index is 11.7. The minimum absolute atomic E-state index is 0.0414. The highest BCUT2D eigenvalue weighted by atomic mass is 32.1. The lowest BCUT2D eigenvalue weighted by molar-refractivity contribution is -0.120. The summed E-state index contributed by atoms with van der Waals surface area (Å²) in [5.74, 6) is -0.981. The Morgan fingerprint density at radius 2 is 1.95 bits per heavy atom. The van der Waals surface area contributed by atoms with E-state index in [1.807, 2.05) is 17.5 Å². The zero-order valence-corrected chi connectivity index (χ0v) is 11.7. The quantitative estimate of drug-likeness (QED) is 0.858. The van der Waals surface area contributed by atoms with Crippen LogP contribution in [0.4, 0.5) is 0 Å². The molecule has 0 unspecified atom stereocenters. The maximum Gasteiger partial charge on any atom is 0.335 e. The summed E-state index contributed by atoms with van der Waals surface area (Å²) in [4.78, 5) is 23.8. The number of benzene rings is 1. The first-order chi connectivity index (χ1) is 9.66. The van der Waals surface area contributed by atoms with Crippen LogP contribution in [-0.4, -0.2) is 23.5 Å². The highest BCUT2D eigenvalue weighted by molar-refractivity contribution is 7.10. The number of hydrogen-bond acceptors (Lipinski definition) is 3. The highest BCUT2D eigenvalue weighted by Gasteiger charge is 2.09. The van der Waals surface area contributed by atoms with E-state index >= 15 is 0 Å². The van der Waals surface area contributed by atoms with Crippen molar-refractivity contribution in [3.8, 4) is 0 Å². The lowest BCUT2D eigenvalue weighted by Crippen LogP contribution is -2.27. The Balaban J connectivity index is 1.84. The predicted molar refractivity (Wildman–Crippen MR) is 78.1 cm³/mol. The molecule has 0 aliphatic carbocycles. The van der Waals surface area contributed by atoms with Gasteiger partial charge in [-0.2, -0.15) is 0 Å². The second kappa shape index (κ2) is 6.86. The SMILES string of the molecule is O=C(Cc1cccs1)NCCc1ccccc1C(=O)O. The Morgan fingerprint density at radius 3 is 2.65 bits per heavy atom. The van der Waals surface area contributed by atoms with E-state index in [2.05, 4.69) is 5.32 Å². The van der Waals surface area contributed by atoms with Gasteiger partial charge in [0, 0.05) is 11.4 Å². The van der Waals surface area contributed by atoms with Gasteiger partial charge in [-0.05, 0) is 29.5 Å². The van der Waals surface area contributed by atoms with Crippen LogP contribution in [0.1, 0.15) is 20.8 Å². The van der Waals surface area contributed by atoms with Crippen LogP contribution >= 0.6 is 11.3 Å². The standard InChI is InChI=1S/C15H15NO3S/c17-14(10-12-5-3-9-20-12)16-8-7-11-4-1-2-6-13(11)15(18)19/h1-6,9H,7-8,10H2,(H,16,17)(H,18,19). The van der Waals surface area contributed by atoms with E-state index in [4.69, 9.17) is 5.11 Å². The molecule has 0 saturated heterocycles. The van der Waals surface area contributed by atoms with Crippen molar-refractivity contribution in [1.29, 1.82) is 0 Å². The van der Waals surface area contributed by atoms with Gasteiger partial charge >= 0.3 is 5.97 Å². The second-order valence-electron chi connectivity index (χ2n) is 4.32.